The molecule has 0 radical (unpaired) electrons. The van der Waals surface area contributed by atoms with Crippen LogP contribution in [0.2, 0.25) is 10.0 Å². The van der Waals surface area contributed by atoms with Crippen molar-refractivity contribution in [1.29, 1.82) is 0 Å². The van der Waals surface area contributed by atoms with Gasteiger partial charge in [-0.3, -0.25) is 4.79 Å². The molecule has 3 N–H and O–H groups in total. The summed E-state index contributed by atoms with van der Waals surface area (Å²) < 4.78 is 30.7. The number of nitrogens with two attached hydrogens (primary N) is 1. The van der Waals surface area contributed by atoms with E-state index in [1.54, 1.807) is 19.0 Å². The Balaban J connectivity index is 1.80. The van der Waals surface area contributed by atoms with Crippen LogP contribution in [0.25, 0.3) is 16.7 Å². The molecule has 0 unspecified atom stereocenters. The number of halogens is 2. The first kappa shape index (κ1) is 26.9. The Kier molecular flexibility index (Phi) is 7.79. The summed E-state index contributed by atoms with van der Waals surface area (Å²) in [7, 11) is -0.576. The van der Waals surface area contributed by atoms with E-state index in [9.17, 15) is 13.2 Å². The van der Waals surface area contributed by atoms with E-state index in [-0.39, 0.29) is 37.2 Å². The Labute approximate surface area is 224 Å². The lowest BCUT2D eigenvalue weighted by Gasteiger charge is -2.11. The zero-order valence-electron chi connectivity index (χ0n) is 20.5. The monoisotopic (exact) mass is 564 g/mol. The molecule has 37 heavy (non-hydrogen) atoms. The third kappa shape index (κ3) is 5.74. The van der Waals surface area contributed by atoms with Crippen LogP contribution in [-0.4, -0.2) is 48.9 Å². The van der Waals surface area contributed by atoms with Crippen molar-refractivity contribution in [3.05, 3.63) is 68.2 Å². The molecule has 0 fully saturated rings. The summed E-state index contributed by atoms with van der Waals surface area (Å²) in [6.07, 6.45) is 2.38. The van der Waals surface area contributed by atoms with Gasteiger partial charge in [-0.1, -0.05) is 48.7 Å². The summed E-state index contributed by atoms with van der Waals surface area (Å²) in [5, 5.41) is 9.95. The normalized spacial score (nSPS) is 11.7. The molecule has 4 rings (SSSR count). The Bertz CT molecular complexity index is 1590. The summed E-state index contributed by atoms with van der Waals surface area (Å²) >= 11 is 12.9. The van der Waals surface area contributed by atoms with Gasteiger partial charge >= 0.3 is 0 Å². The predicted octanol–water partition coefficient (Wildman–Crippen LogP) is 3.90. The van der Waals surface area contributed by atoms with Crippen LogP contribution < -0.4 is 20.3 Å². The fourth-order valence-corrected chi connectivity index (χ4v) is 5.09. The summed E-state index contributed by atoms with van der Waals surface area (Å²) in [4.78, 5) is 22.1. The minimum Gasteiger partial charge on any atom is -0.494 e. The average molecular weight is 565 g/mol. The van der Waals surface area contributed by atoms with E-state index in [2.05, 4.69) is 22.0 Å². The zero-order chi connectivity index (χ0) is 26.9. The maximum atomic E-state index is 13.2. The Hall–Kier alpha value is -3.12. The lowest BCUT2D eigenvalue weighted by atomic mass is 10.1. The second-order valence-electron chi connectivity index (χ2n) is 8.64. The summed E-state index contributed by atoms with van der Waals surface area (Å²) in [6.45, 7) is 2.76. The molecule has 2 aromatic carbocycles. The van der Waals surface area contributed by atoms with Gasteiger partial charge in [-0.15, -0.1) is 5.10 Å². The standard InChI is InChI=1S/C24H26Cl2N6O4S/c1-4-5-10-36-15-8-6-14(7-9-15)11-19-28-22-20(24(33)29-19)23(31(2)3)30-32(22)21-17(25)12-16(13-18(21)26)37(27,34)35/h6-9,12-13H,4-5,10-11H2,1-3H3,(H2,27,34,35)(H,28,29,33). The molecule has 0 saturated heterocycles. The molecule has 0 aliphatic rings. The molecule has 0 aliphatic carbocycles. The van der Waals surface area contributed by atoms with Gasteiger partial charge in [-0.2, -0.15) is 0 Å². The second kappa shape index (κ2) is 10.7. The first-order valence-electron chi connectivity index (χ1n) is 11.4. The van der Waals surface area contributed by atoms with Gasteiger partial charge in [-0.25, -0.2) is 23.2 Å². The van der Waals surface area contributed by atoms with Crippen molar-refractivity contribution < 1.29 is 13.2 Å². The molecule has 0 amide bonds. The molecule has 0 bridgehead atoms. The van der Waals surface area contributed by atoms with Crippen LogP contribution in [0.15, 0.2) is 46.1 Å². The number of aromatic nitrogens is 4. The number of nitrogens with one attached hydrogen (secondary N) is 1. The number of rotatable bonds is 9. The first-order chi connectivity index (χ1) is 17.5. The van der Waals surface area contributed by atoms with Crippen molar-refractivity contribution in [2.45, 2.75) is 31.1 Å². The summed E-state index contributed by atoms with van der Waals surface area (Å²) in [5.74, 6) is 1.51. The number of primary sulfonamides is 1. The van der Waals surface area contributed by atoms with Gasteiger partial charge < -0.3 is 14.6 Å². The van der Waals surface area contributed by atoms with Crippen molar-refractivity contribution >= 4 is 50.1 Å². The van der Waals surface area contributed by atoms with Crippen molar-refractivity contribution in [3.8, 4) is 11.4 Å². The Morgan fingerprint density at radius 2 is 1.78 bits per heavy atom. The lowest BCUT2D eigenvalue weighted by molar-refractivity contribution is 0.309. The number of nitrogens with zero attached hydrogens (tertiary/aromatic N) is 4. The first-order valence-corrected chi connectivity index (χ1v) is 13.7. The molecule has 4 aromatic rings. The van der Waals surface area contributed by atoms with Gasteiger partial charge in [0.2, 0.25) is 10.0 Å². The molecular formula is C24H26Cl2N6O4S. The molecule has 0 saturated carbocycles. The SMILES string of the molecule is CCCCOc1ccc(Cc2nc3c(c(N(C)C)nn3-c3c(Cl)cc(S(N)(=O)=O)cc3Cl)c(=O)[nH]2)cc1. The van der Waals surface area contributed by atoms with E-state index in [1.807, 2.05) is 24.3 Å². The number of unbranched alkanes of at least 4 members (excludes halogenated alkanes) is 1. The lowest BCUT2D eigenvalue weighted by Crippen LogP contribution is -2.16. The van der Waals surface area contributed by atoms with E-state index < -0.39 is 10.0 Å². The van der Waals surface area contributed by atoms with Crippen LogP contribution >= 0.6 is 23.2 Å². The number of benzene rings is 2. The number of hydrogen-bond donors (Lipinski definition) is 2. The van der Waals surface area contributed by atoms with E-state index in [4.69, 9.17) is 33.1 Å². The van der Waals surface area contributed by atoms with Crippen LogP contribution in [0, 0.1) is 0 Å². The van der Waals surface area contributed by atoms with Crippen molar-refractivity contribution in [3.63, 3.8) is 0 Å². The Morgan fingerprint density at radius 3 is 2.35 bits per heavy atom. The number of hydrogen-bond acceptors (Lipinski definition) is 7. The van der Waals surface area contributed by atoms with Gasteiger partial charge in [-0.05, 0) is 36.2 Å². The van der Waals surface area contributed by atoms with E-state index >= 15 is 0 Å². The van der Waals surface area contributed by atoms with Gasteiger partial charge in [0.1, 0.15) is 22.6 Å². The fraction of sp³-hybridized carbons (Fsp3) is 0.292. The smallest absolute Gasteiger partial charge is 0.264 e. The van der Waals surface area contributed by atoms with Gasteiger partial charge in [0.15, 0.2) is 11.5 Å². The molecule has 13 heteroatoms. The minimum absolute atomic E-state index is 0.0199. The van der Waals surface area contributed by atoms with Crippen LogP contribution in [-0.2, 0) is 16.4 Å². The number of H-pyrrole nitrogens is 1. The quantitative estimate of drug-likeness (QED) is 0.294. The molecule has 10 nitrogen and oxygen atoms in total. The van der Waals surface area contributed by atoms with Crippen LogP contribution in [0.1, 0.15) is 31.2 Å². The number of ether oxygens (including phenoxy) is 1. The highest BCUT2D eigenvalue weighted by Gasteiger charge is 2.24. The molecule has 2 heterocycles. The summed E-state index contributed by atoms with van der Waals surface area (Å²) in [6, 6.07) is 9.94. The highest BCUT2D eigenvalue weighted by molar-refractivity contribution is 7.89. The summed E-state index contributed by atoms with van der Waals surface area (Å²) in [5.41, 5.74) is 0.918. The third-order valence-corrected chi connectivity index (χ3v) is 7.05. The number of sulfonamides is 1. The minimum atomic E-state index is -4.04. The molecule has 2 aromatic heterocycles. The topological polar surface area (TPSA) is 136 Å². The molecular weight excluding hydrogens is 539 g/mol. The highest BCUT2D eigenvalue weighted by atomic mass is 35.5. The van der Waals surface area contributed by atoms with Crippen LogP contribution in [0.4, 0.5) is 5.82 Å². The van der Waals surface area contributed by atoms with E-state index in [1.165, 1.54) is 16.8 Å². The highest BCUT2D eigenvalue weighted by Crippen LogP contribution is 2.34. The number of fused-ring (bicyclic) bond motifs is 1. The largest absolute Gasteiger partial charge is 0.494 e. The van der Waals surface area contributed by atoms with Gasteiger partial charge in [0, 0.05) is 20.5 Å². The van der Waals surface area contributed by atoms with Gasteiger partial charge in [0.25, 0.3) is 5.56 Å². The van der Waals surface area contributed by atoms with Crippen LogP contribution in [0.3, 0.4) is 0 Å². The molecule has 0 aliphatic heterocycles. The molecule has 0 spiro atoms. The van der Waals surface area contributed by atoms with E-state index in [0.29, 0.717) is 24.7 Å². The molecule has 196 valence electrons. The van der Waals surface area contributed by atoms with Crippen LogP contribution in [0.5, 0.6) is 5.75 Å². The van der Waals surface area contributed by atoms with Gasteiger partial charge in [0.05, 0.1) is 21.5 Å². The number of aromatic amines is 1. The second-order valence-corrected chi connectivity index (χ2v) is 11.0. The average Bonchev–Trinajstić information content (AvgIpc) is 3.19. The maximum absolute atomic E-state index is 13.2. The van der Waals surface area contributed by atoms with Crippen molar-refractivity contribution in [1.82, 2.24) is 19.7 Å². The fourth-order valence-electron chi connectivity index (χ4n) is 3.75. The van der Waals surface area contributed by atoms with Crippen molar-refractivity contribution in [2.75, 3.05) is 25.6 Å². The van der Waals surface area contributed by atoms with E-state index in [0.717, 1.165) is 24.2 Å². The number of anilines is 1. The predicted molar refractivity (Wildman–Crippen MR) is 145 cm³/mol. The molecule has 0 atom stereocenters. The van der Waals surface area contributed by atoms with Crippen molar-refractivity contribution in [2.24, 2.45) is 5.14 Å². The third-order valence-electron chi connectivity index (χ3n) is 5.58. The Morgan fingerprint density at radius 1 is 1.14 bits per heavy atom. The maximum Gasteiger partial charge on any atom is 0.264 e. The zero-order valence-corrected chi connectivity index (χ0v) is 22.8.